The Labute approximate surface area is 84.5 Å². The summed E-state index contributed by atoms with van der Waals surface area (Å²) in [4.78, 5) is 3.99. The van der Waals surface area contributed by atoms with Crippen LogP contribution in [0.1, 0.15) is 13.3 Å². The molecule has 1 aromatic rings. The van der Waals surface area contributed by atoms with Crippen LogP contribution >= 0.6 is 0 Å². The number of anilines is 1. The average Bonchev–Trinajstić information content (AvgIpc) is 2.23. The largest absolute Gasteiger partial charge is 0.382 e. The maximum atomic E-state index is 5.40. The molecule has 1 fully saturated rings. The van der Waals surface area contributed by atoms with Crippen LogP contribution in [0.15, 0.2) is 24.5 Å². The molecule has 0 amide bonds. The fourth-order valence-corrected chi connectivity index (χ4v) is 1.76. The predicted molar refractivity (Wildman–Crippen MR) is 56.2 cm³/mol. The monoisotopic (exact) mass is 192 g/mol. The Kier molecular flexibility index (Phi) is 2.99. The number of hydrogen-bond donors (Lipinski definition) is 1. The van der Waals surface area contributed by atoms with Crippen LogP contribution in [0, 0.1) is 5.92 Å². The van der Waals surface area contributed by atoms with E-state index in [-0.39, 0.29) is 0 Å². The highest BCUT2D eigenvalue weighted by atomic mass is 16.5. The van der Waals surface area contributed by atoms with Crippen LogP contribution in [0.25, 0.3) is 0 Å². The van der Waals surface area contributed by atoms with Gasteiger partial charge in [0.25, 0.3) is 0 Å². The van der Waals surface area contributed by atoms with Crippen molar-refractivity contribution in [2.24, 2.45) is 5.92 Å². The molecule has 0 bridgehead atoms. The predicted octanol–water partition coefficient (Wildman–Crippen LogP) is 1.92. The second kappa shape index (κ2) is 4.42. The smallest absolute Gasteiger partial charge is 0.0511 e. The first-order valence-electron chi connectivity index (χ1n) is 5.10. The van der Waals surface area contributed by atoms with E-state index >= 15 is 0 Å². The van der Waals surface area contributed by atoms with Gasteiger partial charge in [-0.05, 0) is 24.5 Å². The summed E-state index contributed by atoms with van der Waals surface area (Å²) in [6.07, 6.45) is 4.71. The first-order valence-corrected chi connectivity index (χ1v) is 5.10. The number of aromatic nitrogens is 1. The van der Waals surface area contributed by atoms with Crippen molar-refractivity contribution in [1.29, 1.82) is 0 Å². The third-order valence-electron chi connectivity index (χ3n) is 2.67. The minimum Gasteiger partial charge on any atom is -0.382 e. The van der Waals surface area contributed by atoms with Gasteiger partial charge in [-0.3, -0.25) is 4.98 Å². The van der Waals surface area contributed by atoms with Gasteiger partial charge in [0, 0.05) is 30.7 Å². The van der Waals surface area contributed by atoms with Gasteiger partial charge in [-0.1, -0.05) is 6.92 Å². The molecule has 1 aliphatic rings. The van der Waals surface area contributed by atoms with Crippen molar-refractivity contribution in [2.45, 2.75) is 19.4 Å². The Morgan fingerprint density at radius 3 is 2.93 bits per heavy atom. The Balaban J connectivity index is 1.96. The molecule has 1 aromatic heterocycles. The first-order chi connectivity index (χ1) is 6.86. The van der Waals surface area contributed by atoms with Crippen molar-refractivity contribution in [3.8, 4) is 0 Å². The fraction of sp³-hybridized carbons (Fsp3) is 0.545. The molecule has 1 saturated heterocycles. The van der Waals surface area contributed by atoms with E-state index in [2.05, 4.69) is 17.2 Å². The lowest BCUT2D eigenvalue weighted by Gasteiger charge is -2.30. The van der Waals surface area contributed by atoms with Gasteiger partial charge in [-0.15, -0.1) is 0 Å². The van der Waals surface area contributed by atoms with E-state index in [0.717, 1.165) is 25.3 Å². The number of ether oxygens (including phenoxy) is 1. The number of pyridine rings is 1. The van der Waals surface area contributed by atoms with Crippen molar-refractivity contribution in [3.05, 3.63) is 24.5 Å². The number of nitrogens with one attached hydrogen (secondary N) is 1. The Morgan fingerprint density at radius 2 is 2.21 bits per heavy atom. The molecule has 0 aromatic carbocycles. The SMILES string of the molecule is CC1COCCC1Nc1ccncc1. The van der Waals surface area contributed by atoms with Gasteiger partial charge in [-0.2, -0.15) is 0 Å². The van der Waals surface area contributed by atoms with Crippen molar-refractivity contribution in [3.63, 3.8) is 0 Å². The molecule has 1 aliphatic heterocycles. The summed E-state index contributed by atoms with van der Waals surface area (Å²) in [6, 6.07) is 4.54. The minimum atomic E-state index is 0.533. The van der Waals surface area contributed by atoms with Gasteiger partial charge in [-0.25, -0.2) is 0 Å². The van der Waals surface area contributed by atoms with Crippen LogP contribution in [-0.4, -0.2) is 24.2 Å². The lowest BCUT2D eigenvalue weighted by atomic mass is 9.98. The Morgan fingerprint density at radius 1 is 1.43 bits per heavy atom. The summed E-state index contributed by atoms with van der Waals surface area (Å²) in [5.41, 5.74) is 1.15. The van der Waals surface area contributed by atoms with Gasteiger partial charge >= 0.3 is 0 Å². The van der Waals surface area contributed by atoms with E-state index < -0.39 is 0 Å². The van der Waals surface area contributed by atoms with Crippen LogP contribution < -0.4 is 5.32 Å². The zero-order valence-corrected chi connectivity index (χ0v) is 8.44. The quantitative estimate of drug-likeness (QED) is 0.777. The molecule has 14 heavy (non-hydrogen) atoms. The first kappa shape index (κ1) is 9.46. The summed E-state index contributed by atoms with van der Waals surface area (Å²) < 4.78 is 5.40. The summed E-state index contributed by atoms with van der Waals surface area (Å²) in [5, 5.41) is 3.51. The number of hydrogen-bond acceptors (Lipinski definition) is 3. The van der Waals surface area contributed by atoms with Gasteiger partial charge in [0.15, 0.2) is 0 Å². The summed E-state index contributed by atoms with van der Waals surface area (Å²) in [5.74, 6) is 0.580. The summed E-state index contributed by atoms with van der Waals surface area (Å²) in [6.45, 7) is 3.95. The molecule has 0 spiro atoms. The van der Waals surface area contributed by atoms with E-state index in [0.29, 0.717) is 12.0 Å². The number of nitrogens with zero attached hydrogens (tertiary/aromatic N) is 1. The van der Waals surface area contributed by atoms with Gasteiger partial charge in [0.1, 0.15) is 0 Å². The maximum absolute atomic E-state index is 5.40. The summed E-state index contributed by atoms with van der Waals surface area (Å²) >= 11 is 0. The topological polar surface area (TPSA) is 34.1 Å². The Hall–Kier alpha value is -1.09. The van der Waals surface area contributed by atoms with E-state index in [1.807, 2.05) is 24.5 Å². The van der Waals surface area contributed by atoms with Crippen LogP contribution in [0.3, 0.4) is 0 Å². The summed E-state index contributed by atoms with van der Waals surface area (Å²) in [7, 11) is 0. The zero-order valence-electron chi connectivity index (χ0n) is 8.44. The minimum absolute atomic E-state index is 0.533. The van der Waals surface area contributed by atoms with E-state index in [9.17, 15) is 0 Å². The molecule has 2 unspecified atom stereocenters. The van der Waals surface area contributed by atoms with Crippen molar-refractivity contribution >= 4 is 5.69 Å². The molecule has 0 aliphatic carbocycles. The van der Waals surface area contributed by atoms with E-state index in [1.165, 1.54) is 0 Å². The zero-order chi connectivity index (χ0) is 9.80. The number of rotatable bonds is 2. The molecule has 2 heterocycles. The molecule has 0 radical (unpaired) electrons. The van der Waals surface area contributed by atoms with Gasteiger partial charge < -0.3 is 10.1 Å². The van der Waals surface area contributed by atoms with Crippen LogP contribution in [-0.2, 0) is 4.74 Å². The van der Waals surface area contributed by atoms with Crippen LogP contribution in [0.2, 0.25) is 0 Å². The molecule has 76 valence electrons. The van der Waals surface area contributed by atoms with Crippen LogP contribution in [0.5, 0.6) is 0 Å². The van der Waals surface area contributed by atoms with Crippen molar-refractivity contribution in [1.82, 2.24) is 4.98 Å². The van der Waals surface area contributed by atoms with E-state index in [4.69, 9.17) is 4.74 Å². The third-order valence-corrected chi connectivity index (χ3v) is 2.67. The van der Waals surface area contributed by atoms with Gasteiger partial charge in [0.2, 0.25) is 0 Å². The maximum Gasteiger partial charge on any atom is 0.0511 e. The molecule has 0 saturated carbocycles. The molecule has 2 rings (SSSR count). The van der Waals surface area contributed by atoms with Gasteiger partial charge in [0.05, 0.1) is 6.61 Å². The fourth-order valence-electron chi connectivity index (χ4n) is 1.76. The molecule has 3 heteroatoms. The highest BCUT2D eigenvalue weighted by Gasteiger charge is 2.21. The lowest BCUT2D eigenvalue weighted by molar-refractivity contribution is 0.0538. The second-order valence-electron chi connectivity index (χ2n) is 3.83. The van der Waals surface area contributed by atoms with Crippen molar-refractivity contribution in [2.75, 3.05) is 18.5 Å². The molecular weight excluding hydrogens is 176 g/mol. The third kappa shape index (κ3) is 2.23. The van der Waals surface area contributed by atoms with Crippen molar-refractivity contribution < 1.29 is 4.74 Å². The van der Waals surface area contributed by atoms with Crippen LogP contribution in [0.4, 0.5) is 5.69 Å². The standard InChI is InChI=1S/C11H16N2O/c1-9-8-14-7-4-11(9)13-10-2-5-12-6-3-10/h2-3,5-6,9,11H,4,7-8H2,1H3,(H,12,13). The highest BCUT2D eigenvalue weighted by molar-refractivity contribution is 5.41. The normalized spacial score (nSPS) is 27.2. The van der Waals surface area contributed by atoms with E-state index in [1.54, 1.807) is 0 Å². The highest BCUT2D eigenvalue weighted by Crippen LogP contribution is 2.18. The Bertz CT molecular complexity index is 276. The average molecular weight is 192 g/mol. The molecular formula is C11H16N2O. The molecule has 3 nitrogen and oxygen atoms in total. The second-order valence-corrected chi connectivity index (χ2v) is 3.83. The lowest BCUT2D eigenvalue weighted by Crippen LogP contribution is -2.35. The molecule has 1 N–H and O–H groups in total. The molecule has 2 atom stereocenters.